The van der Waals surface area contributed by atoms with Gasteiger partial charge < -0.3 is 4.90 Å². The molecule has 0 aliphatic carbocycles. The summed E-state index contributed by atoms with van der Waals surface area (Å²) in [7, 11) is 0. The van der Waals surface area contributed by atoms with E-state index in [2.05, 4.69) is 18.7 Å². The van der Waals surface area contributed by atoms with Crippen LogP contribution in [0.15, 0.2) is 18.2 Å². The summed E-state index contributed by atoms with van der Waals surface area (Å²) >= 11 is 0. The van der Waals surface area contributed by atoms with Crippen LogP contribution in [0.25, 0.3) is 0 Å². The molecule has 1 aromatic rings. The number of hydrogen-bond donors (Lipinski definition) is 0. The first-order chi connectivity index (χ1) is 8.10. The summed E-state index contributed by atoms with van der Waals surface area (Å²) < 4.78 is 13.1. The lowest BCUT2D eigenvalue weighted by Crippen LogP contribution is -2.39. The zero-order valence-corrected chi connectivity index (χ0v) is 10.3. The van der Waals surface area contributed by atoms with E-state index in [1.54, 1.807) is 6.07 Å². The first kappa shape index (κ1) is 12.1. The molecule has 2 rings (SSSR count). The van der Waals surface area contributed by atoms with Gasteiger partial charge in [-0.15, -0.1) is 0 Å². The van der Waals surface area contributed by atoms with E-state index in [4.69, 9.17) is 0 Å². The molecule has 0 aromatic heterocycles. The first-order valence-electron chi connectivity index (χ1n) is 6.10. The number of rotatable bonds is 2. The van der Waals surface area contributed by atoms with Gasteiger partial charge in [0.1, 0.15) is 5.82 Å². The Morgan fingerprint density at radius 2 is 1.94 bits per heavy atom. The predicted octanol–water partition coefficient (Wildman–Crippen LogP) is 3.12. The second-order valence-electron chi connectivity index (χ2n) is 5.17. The maximum absolute atomic E-state index is 13.1. The molecular weight excluding hydrogens is 217 g/mol. The second kappa shape index (κ2) is 4.86. The minimum Gasteiger partial charge on any atom is -0.370 e. The zero-order valence-electron chi connectivity index (χ0n) is 10.3. The molecule has 3 heteroatoms. The van der Waals surface area contributed by atoms with Crippen molar-refractivity contribution in [1.29, 1.82) is 0 Å². The monoisotopic (exact) mass is 235 g/mol. The summed E-state index contributed by atoms with van der Waals surface area (Å²) in [6.45, 7) is 6.31. The van der Waals surface area contributed by atoms with Gasteiger partial charge in [-0.05, 0) is 36.5 Å². The maximum atomic E-state index is 13.1. The van der Waals surface area contributed by atoms with Crippen molar-refractivity contribution in [2.24, 2.45) is 11.8 Å². The summed E-state index contributed by atoms with van der Waals surface area (Å²) in [6, 6.07) is 4.45. The van der Waals surface area contributed by atoms with Crippen molar-refractivity contribution in [3.05, 3.63) is 29.6 Å². The van der Waals surface area contributed by atoms with E-state index in [-0.39, 0.29) is 5.82 Å². The van der Waals surface area contributed by atoms with Gasteiger partial charge in [0.05, 0.1) is 0 Å². The third-order valence-electron chi connectivity index (χ3n) is 3.33. The average molecular weight is 235 g/mol. The highest BCUT2D eigenvalue weighted by molar-refractivity contribution is 5.84. The SMILES string of the molecule is CC1CC(C)CN(c2ccc(F)cc2C=O)C1. The Bertz CT molecular complexity index is 409. The van der Waals surface area contributed by atoms with Gasteiger partial charge in [-0.25, -0.2) is 4.39 Å². The third kappa shape index (κ3) is 2.65. The maximum Gasteiger partial charge on any atom is 0.152 e. The zero-order chi connectivity index (χ0) is 12.4. The largest absolute Gasteiger partial charge is 0.370 e. The summed E-state index contributed by atoms with van der Waals surface area (Å²) in [5, 5.41) is 0. The molecule has 0 radical (unpaired) electrons. The second-order valence-corrected chi connectivity index (χ2v) is 5.17. The molecule has 2 atom stereocenters. The number of carbonyl (C=O) groups excluding carboxylic acids is 1. The van der Waals surface area contributed by atoms with Gasteiger partial charge in [-0.1, -0.05) is 13.8 Å². The fourth-order valence-electron chi connectivity index (χ4n) is 2.77. The molecule has 0 N–H and O–H groups in total. The normalized spacial score (nSPS) is 24.8. The molecule has 1 saturated heterocycles. The molecule has 1 aliphatic heterocycles. The van der Waals surface area contributed by atoms with Gasteiger partial charge in [-0.2, -0.15) is 0 Å². The number of hydrogen-bond acceptors (Lipinski definition) is 2. The quantitative estimate of drug-likeness (QED) is 0.734. The van der Waals surface area contributed by atoms with Crippen LogP contribution < -0.4 is 4.90 Å². The van der Waals surface area contributed by atoms with E-state index in [1.807, 2.05) is 0 Å². The fraction of sp³-hybridized carbons (Fsp3) is 0.500. The topological polar surface area (TPSA) is 20.3 Å². The molecule has 0 saturated carbocycles. The smallest absolute Gasteiger partial charge is 0.152 e. The van der Waals surface area contributed by atoms with Crippen molar-refractivity contribution in [1.82, 2.24) is 0 Å². The Balaban J connectivity index is 2.29. The summed E-state index contributed by atoms with van der Waals surface area (Å²) in [5.41, 5.74) is 1.31. The van der Waals surface area contributed by atoms with Gasteiger partial charge in [0, 0.05) is 24.3 Å². The van der Waals surface area contributed by atoms with Crippen LogP contribution in [0.4, 0.5) is 10.1 Å². The molecule has 0 bridgehead atoms. The third-order valence-corrected chi connectivity index (χ3v) is 3.33. The van der Waals surface area contributed by atoms with E-state index in [0.29, 0.717) is 17.4 Å². The molecular formula is C14H18FNO. The van der Waals surface area contributed by atoms with Crippen molar-refractivity contribution in [2.45, 2.75) is 20.3 Å². The molecule has 1 aliphatic rings. The highest BCUT2D eigenvalue weighted by atomic mass is 19.1. The Labute approximate surface area is 101 Å². The summed E-state index contributed by atoms with van der Waals surface area (Å²) in [5.74, 6) is 0.876. The fourth-order valence-corrected chi connectivity index (χ4v) is 2.77. The number of benzene rings is 1. The lowest BCUT2D eigenvalue weighted by Gasteiger charge is -2.37. The van der Waals surface area contributed by atoms with Crippen LogP contribution in [0.5, 0.6) is 0 Å². The van der Waals surface area contributed by atoms with E-state index < -0.39 is 0 Å². The van der Waals surface area contributed by atoms with Crippen molar-refractivity contribution >= 4 is 12.0 Å². The number of carbonyl (C=O) groups is 1. The highest BCUT2D eigenvalue weighted by Gasteiger charge is 2.23. The van der Waals surface area contributed by atoms with Crippen molar-refractivity contribution in [2.75, 3.05) is 18.0 Å². The number of anilines is 1. The highest BCUT2D eigenvalue weighted by Crippen LogP contribution is 2.28. The molecule has 1 aromatic carbocycles. The molecule has 1 heterocycles. The Morgan fingerprint density at radius 1 is 1.29 bits per heavy atom. The number of nitrogens with zero attached hydrogens (tertiary/aromatic N) is 1. The molecule has 0 spiro atoms. The standard InChI is InChI=1S/C14H18FNO/c1-10-5-11(2)8-16(7-10)14-4-3-13(15)6-12(14)9-17/h3-4,6,9-11H,5,7-8H2,1-2H3. The van der Waals surface area contributed by atoms with Gasteiger partial charge in [0.15, 0.2) is 6.29 Å². The Kier molecular flexibility index (Phi) is 3.46. The van der Waals surface area contributed by atoms with Gasteiger partial charge in [0.2, 0.25) is 0 Å². The van der Waals surface area contributed by atoms with Crippen LogP contribution in [0, 0.1) is 17.7 Å². The van der Waals surface area contributed by atoms with Crippen LogP contribution in [0.2, 0.25) is 0 Å². The van der Waals surface area contributed by atoms with Gasteiger partial charge >= 0.3 is 0 Å². The Hall–Kier alpha value is -1.38. The average Bonchev–Trinajstić information content (AvgIpc) is 2.27. The van der Waals surface area contributed by atoms with Crippen molar-refractivity contribution in [3.8, 4) is 0 Å². The van der Waals surface area contributed by atoms with Gasteiger partial charge in [0.25, 0.3) is 0 Å². The van der Waals surface area contributed by atoms with E-state index in [9.17, 15) is 9.18 Å². The van der Waals surface area contributed by atoms with Crippen LogP contribution in [0.3, 0.4) is 0 Å². The van der Waals surface area contributed by atoms with Crippen LogP contribution in [-0.4, -0.2) is 19.4 Å². The minimum atomic E-state index is -0.353. The van der Waals surface area contributed by atoms with Gasteiger partial charge in [-0.3, -0.25) is 4.79 Å². The Morgan fingerprint density at radius 3 is 2.53 bits per heavy atom. The summed E-state index contributed by atoms with van der Waals surface area (Å²) in [6.07, 6.45) is 1.95. The van der Waals surface area contributed by atoms with E-state index in [0.717, 1.165) is 25.1 Å². The molecule has 2 nitrogen and oxygen atoms in total. The van der Waals surface area contributed by atoms with E-state index in [1.165, 1.54) is 18.6 Å². The predicted molar refractivity (Wildman–Crippen MR) is 66.9 cm³/mol. The lowest BCUT2D eigenvalue weighted by atomic mass is 9.91. The molecule has 1 fully saturated rings. The molecule has 0 amide bonds. The summed E-state index contributed by atoms with van der Waals surface area (Å²) in [4.78, 5) is 13.2. The number of piperidine rings is 1. The lowest BCUT2D eigenvalue weighted by molar-refractivity contribution is 0.112. The molecule has 92 valence electrons. The molecule has 2 unspecified atom stereocenters. The van der Waals surface area contributed by atoms with Crippen molar-refractivity contribution in [3.63, 3.8) is 0 Å². The minimum absolute atomic E-state index is 0.353. The van der Waals surface area contributed by atoms with Crippen molar-refractivity contribution < 1.29 is 9.18 Å². The van der Waals surface area contributed by atoms with Crippen LogP contribution >= 0.6 is 0 Å². The first-order valence-corrected chi connectivity index (χ1v) is 6.10. The van der Waals surface area contributed by atoms with E-state index >= 15 is 0 Å². The molecule has 17 heavy (non-hydrogen) atoms. The van der Waals surface area contributed by atoms with Crippen LogP contribution in [0.1, 0.15) is 30.6 Å². The van der Waals surface area contributed by atoms with Crippen LogP contribution in [-0.2, 0) is 0 Å². The number of halogens is 1. The number of aldehydes is 1.